The number of hydrogen-bond donors (Lipinski definition) is 2. The Morgan fingerprint density at radius 2 is 2.10 bits per heavy atom. The summed E-state index contributed by atoms with van der Waals surface area (Å²) in [5.74, 6) is 0. The van der Waals surface area contributed by atoms with Crippen LogP contribution in [-0.2, 0) is 11.2 Å². The number of rotatable bonds is 4. The summed E-state index contributed by atoms with van der Waals surface area (Å²) in [5.41, 5.74) is 1.53. The fraction of sp³-hybridized carbons (Fsp3) is 0.524. The van der Waals surface area contributed by atoms with Gasteiger partial charge in [0.05, 0.1) is 22.7 Å². The number of aromatic amines is 1. The molecule has 1 saturated heterocycles. The number of likely N-dealkylation sites (tertiary alicyclic amines) is 1. The molecule has 0 aliphatic carbocycles. The number of carbonyl (C=O) groups is 1. The predicted octanol–water partition coefficient (Wildman–Crippen LogP) is 2.33. The van der Waals surface area contributed by atoms with Crippen molar-refractivity contribution in [3.05, 3.63) is 39.8 Å². The van der Waals surface area contributed by atoms with Crippen LogP contribution in [-0.4, -0.2) is 52.2 Å². The van der Waals surface area contributed by atoms with Crippen LogP contribution in [0.25, 0.3) is 11.0 Å². The van der Waals surface area contributed by atoms with Crippen molar-refractivity contribution in [1.82, 2.24) is 20.2 Å². The molecule has 0 bridgehead atoms. The molecule has 1 aromatic carbocycles. The normalized spacial score (nSPS) is 15.8. The highest BCUT2D eigenvalue weighted by Crippen LogP contribution is 2.14. The molecular weight excluding hydrogens is 370 g/mol. The molecular formula is C21H27N5O3. The van der Waals surface area contributed by atoms with Gasteiger partial charge in [0, 0.05) is 32.1 Å². The Labute approximate surface area is 169 Å². The molecule has 1 fully saturated rings. The lowest BCUT2D eigenvalue weighted by atomic mass is 10.0. The van der Waals surface area contributed by atoms with E-state index in [0.29, 0.717) is 28.7 Å². The second-order valence-electron chi connectivity index (χ2n) is 8.37. The maximum absolute atomic E-state index is 12.3. The van der Waals surface area contributed by atoms with E-state index >= 15 is 0 Å². The Bertz CT molecular complexity index is 978. The third-order valence-electron chi connectivity index (χ3n) is 4.86. The second-order valence-corrected chi connectivity index (χ2v) is 8.37. The van der Waals surface area contributed by atoms with Crippen molar-refractivity contribution < 1.29 is 9.53 Å². The SMILES string of the molecule is CC(C)(C)OC(=O)NC1CCN(CCc2nc3ccc(C#N)cc3[nH]c2=O)CC1. The Balaban J connectivity index is 1.52. The molecule has 8 nitrogen and oxygen atoms in total. The molecule has 1 amide bonds. The fourth-order valence-corrected chi connectivity index (χ4v) is 3.40. The summed E-state index contributed by atoms with van der Waals surface area (Å²) in [7, 11) is 0. The predicted molar refractivity (Wildman–Crippen MR) is 110 cm³/mol. The Kier molecular flexibility index (Phi) is 6.18. The van der Waals surface area contributed by atoms with Crippen molar-refractivity contribution in [1.29, 1.82) is 5.26 Å². The number of aromatic nitrogens is 2. The van der Waals surface area contributed by atoms with Gasteiger partial charge in [-0.2, -0.15) is 5.26 Å². The van der Waals surface area contributed by atoms with E-state index in [4.69, 9.17) is 10.00 Å². The zero-order valence-electron chi connectivity index (χ0n) is 17.1. The number of nitriles is 1. The lowest BCUT2D eigenvalue weighted by Gasteiger charge is -2.32. The van der Waals surface area contributed by atoms with Crippen LogP contribution >= 0.6 is 0 Å². The summed E-state index contributed by atoms with van der Waals surface area (Å²) >= 11 is 0. The van der Waals surface area contributed by atoms with Crippen molar-refractivity contribution in [2.75, 3.05) is 19.6 Å². The summed E-state index contributed by atoms with van der Waals surface area (Å²) in [5, 5.41) is 11.9. The van der Waals surface area contributed by atoms with Crippen molar-refractivity contribution >= 4 is 17.1 Å². The number of hydrogen-bond acceptors (Lipinski definition) is 6. The van der Waals surface area contributed by atoms with Gasteiger partial charge in [-0.15, -0.1) is 0 Å². The second kappa shape index (κ2) is 8.62. The van der Waals surface area contributed by atoms with E-state index in [1.807, 2.05) is 20.8 Å². The first kappa shape index (κ1) is 20.8. The largest absolute Gasteiger partial charge is 0.444 e. The quantitative estimate of drug-likeness (QED) is 0.819. The molecule has 29 heavy (non-hydrogen) atoms. The van der Waals surface area contributed by atoms with Gasteiger partial charge in [0.15, 0.2) is 0 Å². The highest BCUT2D eigenvalue weighted by atomic mass is 16.6. The van der Waals surface area contributed by atoms with Gasteiger partial charge in [-0.1, -0.05) is 0 Å². The molecule has 154 valence electrons. The number of H-pyrrole nitrogens is 1. The molecule has 0 spiro atoms. The van der Waals surface area contributed by atoms with Gasteiger partial charge in [-0.25, -0.2) is 9.78 Å². The zero-order chi connectivity index (χ0) is 21.0. The summed E-state index contributed by atoms with van der Waals surface area (Å²) in [4.78, 5) is 33.8. The maximum Gasteiger partial charge on any atom is 0.407 e. The van der Waals surface area contributed by atoms with Crippen LogP contribution in [0.15, 0.2) is 23.0 Å². The number of nitrogens with zero attached hydrogens (tertiary/aromatic N) is 3. The lowest BCUT2D eigenvalue weighted by molar-refractivity contribution is 0.0479. The van der Waals surface area contributed by atoms with E-state index in [1.54, 1.807) is 18.2 Å². The van der Waals surface area contributed by atoms with E-state index in [-0.39, 0.29) is 17.7 Å². The van der Waals surface area contributed by atoms with Gasteiger partial charge < -0.3 is 19.9 Å². The number of fused-ring (bicyclic) bond motifs is 1. The van der Waals surface area contributed by atoms with Gasteiger partial charge in [-0.3, -0.25) is 4.79 Å². The van der Waals surface area contributed by atoms with E-state index in [9.17, 15) is 9.59 Å². The number of carbonyl (C=O) groups excluding carboxylic acids is 1. The highest BCUT2D eigenvalue weighted by molar-refractivity contribution is 5.75. The van der Waals surface area contributed by atoms with E-state index in [0.717, 1.165) is 32.5 Å². The minimum atomic E-state index is -0.499. The van der Waals surface area contributed by atoms with Crippen LogP contribution in [0.1, 0.15) is 44.9 Å². The molecule has 1 aliphatic heterocycles. The lowest BCUT2D eigenvalue weighted by Crippen LogP contribution is -2.46. The van der Waals surface area contributed by atoms with Crippen LogP contribution in [0.2, 0.25) is 0 Å². The number of alkyl carbamates (subject to hydrolysis) is 1. The molecule has 8 heteroatoms. The number of piperidine rings is 1. The summed E-state index contributed by atoms with van der Waals surface area (Å²) in [6.07, 6.45) is 1.87. The van der Waals surface area contributed by atoms with Crippen LogP contribution < -0.4 is 10.9 Å². The van der Waals surface area contributed by atoms with Crippen molar-refractivity contribution in [2.24, 2.45) is 0 Å². The molecule has 3 rings (SSSR count). The van der Waals surface area contributed by atoms with Gasteiger partial charge in [0.2, 0.25) is 0 Å². The van der Waals surface area contributed by atoms with Crippen molar-refractivity contribution in [2.45, 2.75) is 51.7 Å². The number of ether oxygens (including phenoxy) is 1. The smallest absolute Gasteiger partial charge is 0.407 e. The Morgan fingerprint density at radius 1 is 1.38 bits per heavy atom. The minimum absolute atomic E-state index is 0.109. The van der Waals surface area contributed by atoms with Gasteiger partial charge >= 0.3 is 6.09 Å². The minimum Gasteiger partial charge on any atom is -0.444 e. The van der Waals surface area contributed by atoms with Crippen molar-refractivity contribution in [3.63, 3.8) is 0 Å². The van der Waals surface area contributed by atoms with Crippen LogP contribution in [0.3, 0.4) is 0 Å². The average Bonchev–Trinajstić information content (AvgIpc) is 2.65. The van der Waals surface area contributed by atoms with Gasteiger partial charge in [-0.05, 0) is 51.8 Å². The molecule has 2 heterocycles. The summed E-state index contributed by atoms with van der Waals surface area (Å²) in [6, 6.07) is 7.25. The Hall–Kier alpha value is -2.92. The molecule has 0 radical (unpaired) electrons. The zero-order valence-corrected chi connectivity index (χ0v) is 17.1. The monoisotopic (exact) mass is 397 g/mol. The topological polar surface area (TPSA) is 111 Å². The maximum atomic E-state index is 12.3. The van der Waals surface area contributed by atoms with E-state index in [1.165, 1.54) is 0 Å². The molecule has 1 aliphatic rings. The van der Waals surface area contributed by atoms with Crippen LogP contribution in [0.4, 0.5) is 4.79 Å². The third-order valence-corrected chi connectivity index (χ3v) is 4.86. The first-order valence-electron chi connectivity index (χ1n) is 9.88. The van der Waals surface area contributed by atoms with Crippen LogP contribution in [0, 0.1) is 11.3 Å². The molecule has 2 aromatic rings. The summed E-state index contributed by atoms with van der Waals surface area (Å²) in [6.45, 7) is 7.96. The van der Waals surface area contributed by atoms with Gasteiger partial charge in [0.1, 0.15) is 11.3 Å². The van der Waals surface area contributed by atoms with E-state index in [2.05, 4.69) is 26.3 Å². The average molecular weight is 397 g/mol. The molecule has 0 atom stereocenters. The number of benzene rings is 1. The standard InChI is InChI=1S/C21H27N5O3/c1-21(2,3)29-20(28)23-15-6-9-26(10-7-15)11-8-17-19(27)25-18-12-14(13-22)4-5-16(18)24-17/h4-5,12,15H,6-11H2,1-3H3,(H,23,28)(H,25,27). The van der Waals surface area contributed by atoms with Crippen molar-refractivity contribution in [3.8, 4) is 6.07 Å². The number of nitrogens with one attached hydrogen (secondary N) is 2. The molecule has 2 N–H and O–H groups in total. The van der Waals surface area contributed by atoms with Crippen LogP contribution in [0.5, 0.6) is 0 Å². The highest BCUT2D eigenvalue weighted by Gasteiger charge is 2.23. The molecule has 0 unspecified atom stereocenters. The third kappa shape index (κ3) is 5.78. The fourth-order valence-electron chi connectivity index (χ4n) is 3.40. The first-order valence-corrected chi connectivity index (χ1v) is 9.88. The molecule has 1 aromatic heterocycles. The summed E-state index contributed by atoms with van der Waals surface area (Å²) < 4.78 is 5.31. The Morgan fingerprint density at radius 3 is 2.76 bits per heavy atom. The first-order chi connectivity index (χ1) is 13.7. The van der Waals surface area contributed by atoms with E-state index < -0.39 is 5.60 Å². The van der Waals surface area contributed by atoms with Gasteiger partial charge in [0.25, 0.3) is 5.56 Å². The molecule has 0 saturated carbocycles. The number of amides is 1.